The monoisotopic (exact) mass is 270 g/mol. The number of benzene rings is 1. The van der Waals surface area contributed by atoms with E-state index in [1.165, 1.54) is 7.05 Å². The average molecular weight is 270 g/mol. The van der Waals surface area contributed by atoms with Gasteiger partial charge >= 0.3 is 0 Å². The van der Waals surface area contributed by atoms with Gasteiger partial charge in [0.1, 0.15) is 5.75 Å². The Bertz CT molecular complexity index is 485. The Labute approximate surface area is 107 Å². The molecule has 0 saturated heterocycles. The van der Waals surface area contributed by atoms with Crippen LogP contribution in [0.4, 0.5) is 0 Å². The second-order valence-electron chi connectivity index (χ2n) is 3.96. The fourth-order valence-electron chi connectivity index (χ4n) is 1.73. The van der Waals surface area contributed by atoms with Gasteiger partial charge in [-0.15, -0.1) is 0 Å². The van der Waals surface area contributed by atoms with Crippen LogP contribution in [0.2, 0.25) is 0 Å². The van der Waals surface area contributed by atoms with E-state index in [9.17, 15) is 13.2 Å². The summed E-state index contributed by atoms with van der Waals surface area (Å²) in [5.41, 5.74) is 6.13. The van der Waals surface area contributed by atoms with E-state index in [1.807, 2.05) is 6.07 Å². The van der Waals surface area contributed by atoms with Gasteiger partial charge in [0.05, 0.1) is 5.25 Å². The third-order valence-electron chi connectivity index (χ3n) is 2.64. The number of carbonyl (C=O) groups excluding carboxylic acids is 1. The molecular weight excluding hydrogens is 252 g/mol. The molecule has 1 amide bonds. The predicted octanol–water partition coefficient (Wildman–Crippen LogP) is 0.237. The van der Waals surface area contributed by atoms with E-state index in [2.05, 4.69) is 5.32 Å². The molecule has 0 aliphatic carbocycles. The van der Waals surface area contributed by atoms with Crippen molar-refractivity contribution in [3.05, 3.63) is 35.9 Å². The number of hydrogen-bond acceptors (Lipinski definition) is 4. The number of hydrogen-bond donors (Lipinski definition) is 2. The molecule has 1 atom stereocenters. The lowest BCUT2D eigenvalue weighted by atomic mass is 10.1. The standard InChI is InChI=1S/C12H18N2O3S/c1-14-12(15)9-18(16,17)11(7-8-13)10-5-3-2-4-6-10/h2-6,11H,7-9,13H2,1H3,(H,14,15). The minimum absolute atomic E-state index is 0.256. The number of carbonyl (C=O) groups is 1. The fourth-order valence-corrected chi connectivity index (χ4v) is 3.51. The molecular formula is C12H18N2O3S. The molecule has 0 fully saturated rings. The Hall–Kier alpha value is -1.40. The lowest BCUT2D eigenvalue weighted by Crippen LogP contribution is -2.30. The first-order chi connectivity index (χ1) is 8.51. The average Bonchev–Trinajstić information content (AvgIpc) is 2.36. The summed E-state index contributed by atoms with van der Waals surface area (Å²) in [7, 11) is -2.13. The highest BCUT2D eigenvalue weighted by molar-refractivity contribution is 7.92. The topological polar surface area (TPSA) is 89.3 Å². The van der Waals surface area contributed by atoms with Crippen molar-refractivity contribution in [1.29, 1.82) is 0 Å². The van der Waals surface area contributed by atoms with Crippen LogP contribution in [0.3, 0.4) is 0 Å². The van der Waals surface area contributed by atoms with Gasteiger partial charge in [-0.05, 0) is 18.5 Å². The summed E-state index contributed by atoms with van der Waals surface area (Å²) in [6, 6.07) is 8.83. The zero-order chi connectivity index (χ0) is 13.6. The predicted molar refractivity (Wildman–Crippen MR) is 70.7 cm³/mol. The Morgan fingerprint density at radius 2 is 1.94 bits per heavy atom. The van der Waals surface area contributed by atoms with E-state index < -0.39 is 26.7 Å². The molecule has 0 radical (unpaired) electrons. The summed E-state index contributed by atoms with van der Waals surface area (Å²) in [6.45, 7) is 0.256. The molecule has 0 spiro atoms. The molecule has 0 aromatic heterocycles. The van der Waals surface area contributed by atoms with Crippen molar-refractivity contribution in [2.75, 3.05) is 19.3 Å². The molecule has 1 aromatic carbocycles. The summed E-state index contributed by atoms with van der Waals surface area (Å²) >= 11 is 0. The zero-order valence-corrected chi connectivity index (χ0v) is 11.1. The highest BCUT2D eigenvalue weighted by atomic mass is 32.2. The molecule has 100 valence electrons. The van der Waals surface area contributed by atoms with E-state index in [-0.39, 0.29) is 6.54 Å². The van der Waals surface area contributed by atoms with Crippen molar-refractivity contribution in [1.82, 2.24) is 5.32 Å². The third-order valence-corrected chi connectivity index (χ3v) is 4.68. The van der Waals surface area contributed by atoms with E-state index in [0.717, 1.165) is 0 Å². The molecule has 1 aromatic rings. The van der Waals surface area contributed by atoms with Crippen LogP contribution in [0.15, 0.2) is 30.3 Å². The smallest absolute Gasteiger partial charge is 0.234 e. The maximum absolute atomic E-state index is 12.2. The van der Waals surface area contributed by atoms with Crippen LogP contribution in [-0.4, -0.2) is 33.7 Å². The minimum Gasteiger partial charge on any atom is -0.358 e. The van der Waals surface area contributed by atoms with Gasteiger partial charge in [0.25, 0.3) is 0 Å². The quantitative estimate of drug-likeness (QED) is 0.774. The van der Waals surface area contributed by atoms with Crippen molar-refractivity contribution >= 4 is 15.7 Å². The molecule has 18 heavy (non-hydrogen) atoms. The SMILES string of the molecule is CNC(=O)CS(=O)(=O)C(CCN)c1ccccc1. The van der Waals surface area contributed by atoms with Crippen LogP contribution >= 0.6 is 0 Å². The number of sulfone groups is 1. The van der Waals surface area contributed by atoms with Gasteiger partial charge in [-0.3, -0.25) is 4.79 Å². The zero-order valence-electron chi connectivity index (χ0n) is 10.3. The van der Waals surface area contributed by atoms with Gasteiger partial charge in [-0.1, -0.05) is 30.3 Å². The van der Waals surface area contributed by atoms with E-state index in [4.69, 9.17) is 5.73 Å². The molecule has 5 nitrogen and oxygen atoms in total. The van der Waals surface area contributed by atoms with Crippen molar-refractivity contribution in [2.24, 2.45) is 5.73 Å². The van der Waals surface area contributed by atoms with Crippen LogP contribution in [0.25, 0.3) is 0 Å². The first kappa shape index (κ1) is 14.7. The third kappa shape index (κ3) is 3.82. The second kappa shape index (κ2) is 6.51. The van der Waals surface area contributed by atoms with Crippen molar-refractivity contribution in [2.45, 2.75) is 11.7 Å². The summed E-state index contributed by atoms with van der Waals surface area (Å²) in [6.07, 6.45) is 0.309. The summed E-state index contributed by atoms with van der Waals surface area (Å²) in [5, 5.41) is 1.60. The van der Waals surface area contributed by atoms with Crippen molar-refractivity contribution in [3.63, 3.8) is 0 Å². The van der Waals surface area contributed by atoms with Gasteiger partial charge in [0.2, 0.25) is 5.91 Å². The van der Waals surface area contributed by atoms with Crippen LogP contribution in [0.1, 0.15) is 17.2 Å². The molecule has 0 aliphatic heterocycles. The Balaban J connectivity index is 3.02. The molecule has 0 aliphatic rings. The number of nitrogens with two attached hydrogens (primary N) is 1. The summed E-state index contributed by atoms with van der Waals surface area (Å²) in [4.78, 5) is 11.2. The Morgan fingerprint density at radius 3 is 2.44 bits per heavy atom. The van der Waals surface area contributed by atoms with Crippen molar-refractivity contribution in [3.8, 4) is 0 Å². The maximum atomic E-state index is 12.2. The van der Waals surface area contributed by atoms with Gasteiger partial charge in [0.15, 0.2) is 9.84 Å². The van der Waals surface area contributed by atoms with Crippen LogP contribution in [0.5, 0.6) is 0 Å². The first-order valence-corrected chi connectivity index (χ1v) is 7.40. The van der Waals surface area contributed by atoms with Gasteiger partial charge in [0, 0.05) is 7.05 Å². The van der Waals surface area contributed by atoms with E-state index >= 15 is 0 Å². The molecule has 0 saturated carbocycles. The Kier molecular flexibility index (Phi) is 5.30. The molecule has 0 heterocycles. The van der Waals surface area contributed by atoms with E-state index in [0.29, 0.717) is 12.0 Å². The maximum Gasteiger partial charge on any atom is 0.234 e. The molecule has 3 N–H and O–H groups in total. The number of nitrogens with one attached hydrogen (secondary N) is 1. The van der Waals surface area contributed by atoms with E-state index in [1.54, 1.807) is 24.3 Å². The van der Waals surface area contributed by atoms with Gasteiger partial charge < -0.3 is 11.1 Å². The summed E-state index contributed by atoms with van der Waals surface area (Å²) in [5.74, 6) is -1.02. The number of amides is 1. The summed E-state index contributed by atoms with van der Waals surface area (Å²) < 4.78 is 24.3. The second-order valence-corrected chi connectivity index (χ2v) is 6.14. The van der Waals surface area contributed by atoms with Gasteiger partial charge in [-0.2, -0.15) is 0 Å². The molecule has 0 bridgehead atoms. The lowest BCUT2D eigenvalue weighted by Gasteiger charge is -2.16. The molecule has 1 unspecified atom stereocenters. The van der Waals surface area contributed by atoms with Gasteiger partial charge in [-0.25, -0.2) is 8.42 Å². The minimum atomic E-state index is -3.54. The van der Waals surface area contributed by atoms with Crippen LogP contribution in [-0.2, 0) is 14.6 Å². The lowest BCUT2D eigenvalue weighted by molar-refractivity contribution is -0.118. The van der Waals surface area contributed by atoms with Crippen molar-refractivity contribution < 1.29 is 13.2 Å². The Morgan fingerprint density at radius 1 is 1.33 bits per heavy atom. The molecule has 6 heteroatoms. The number of rotatable bonds is 6. The largest absolute Gasteiger partial charge is 0.358 e. The highest BCUT2D eigenvalue weighted by Gasteiger charge is 2.28. The highest BCUT2D eigenvalue weighted by Crippen LogP contribution is 2.26. The first-order valence-electron chi connectivity index (χ1n) is 5.68. The van der Waals surface area contributed by atoms with Crippen LogP contribution in [0, 0.1) is 0 Å². The normalized spacial score (nSPS) is 13.0. The van der Waals surface area contributed by atoms with Crippen LogP contribution < -0.4 is 11.1 Å². The fraction of sp³-hybridized carbons (Fsp3) is 0.417. The molecule has 1 rings (SSSR count).